The molecule has 1 saturated carbocycles. The number of alkyl halides is 2. The molecule has 3 nitrogen and oxygen atoms in total. The quantitative estimate of drug-likeness (QED) is 0.755. The molecule has 0 bridgehead atoms. The van der Waals surface area contributed by atoms with Crippen molar-refractivity contribution in [1.29, 1.82) is 0 Å². The van der Waals surface area contributed by atoms with Crippen LogP contribution < -0.4 is 0 Å². The summed E-state index contributed by atoms with van der Waals surface area (Å²) in [7, 11) is 0. The molecule has 0 radical (unpaired) electrons. The summed E-state index contributed by atoms with van der Waals surface area (Å²) in [5.74, 6) is 3.02. The highest BCUT2D eigenvalue weighted by molar-refractivity contribution is 4.97. The van der Waals surface area contributed by atoms with Crippen molar-refractivity contribution >= 4 is 0 Å². The second-order valence-electron chi connectivity index (χ2n) is 4.70. The average Bonchev–Trinajstić information content (AvgIpc) is 2.78. The Morgan fingerprint density at radius 1 is 1.17 bits per heavy atom. The number of aromatic nitrogens is 2. The molecule has 1 aromatic heterocycles. The first-order valence-electron chi connectivity index (χ1n) is 6.28. The topological polar surface area (TPSA) is 38.9 Å². The molecule has 1 aliphatic rings. The SMILES string of the molecule is C#CC1CCCC(c2nnc(C(F)F)o2)CCC1. The third kappa shape index (κ3) is 3.06. The molecule has 98 valence electrons. The maximum atomic E-state index is 12.4. The minimum absolute atomic E-state index is 0.101. The number of halogens is 2. The Balaban J connectivity index is 1.98. The monoisotopic (exact) mass is 254 g/mol. The van der Waals surface area contributed by atoms with Crippen molar-refractivity contribution < 1.29 is 13.2 Å². The fraction of sp³-hybridized carbons (Fsp3) is 0.692. The lowest BCUT2D eigenvalue weighted by atomic mass is 9.86. The number of nitrogens with zero attached hydrogens (tertiary/aromatic N) is 2. The summed E-state index contributed by atoms with van der Waals surface area (Å²) in [6, 6.07) is 0. The van der Waals surface area contributed by atoms with Crippen molar-refractivity contribution in [2.24, 2.45) is 5.92 Å². The minimum atomic E-state index is -2.69. The van der Waals surface area contributed by atoms with Gasteiger partial charge >= 0.3 is 6.43 Å². The largest absolute Gasteiger partial charge is 0.419 e. The summed E-state index contributed by atoms with van der Waals surface area (Å²) >= 11 is 0. The Kier molecular flexibility index (Phi) is 4.29. The molecule has 0 N–H and O–H groups in total. The van der Waals surface area contributed by atoms with Gasteiger partial charge in [0.2, 0.25) is 5.89 Å². The highest BCUT2D eigenvalue weighted by Crippen LogP contribution is 2.32. The van der Waals surface area contributed by atoms with Gasteiger partial charge in [-0.2, -0.15) is 8.78 Å². The van der Waals surface area contributed by atoms with E-state index in [0.717, 1.165) is 38.5 Å². The standard InChI is InChI=1S/C13H16F2N2O/c1-2-9-5-3-7-10(8-4-6-9)12-16-17-13(18-12)11(14)15/h1,9-11H,3-8H2. The first-order valence-corrected chi connectivity index (χ1v) is 6.28. The average molecular weight is 254 g/mol. The summed E-state index contributed by atoms with van der Waals surface area (Å²) in [5, 5.41) is 7.11. The molecule has 0 amide bonds. The zero-order valence-corrected chi connectivity index (χ0v) is 10.1. The molecule has 5 heteroatoms. The van der Waals surface area contributed by atoms with E-state index in [4.69, 9.17) is 10.8 Å². The fourth-order valence-electron chi connectivity index (χ4n) is 2.42. The van der Waals surface area contributed by atoms with Gasteiger partial charge in [-0.05, 0) is 25.7 Å². The Bertz CT molecular complexity index is 415. The molecular weight excluding hydrogens is 238 g/mol. The van der Waals surface area contributed by atoms with Gasteiger partial charge in [-0.3, -0.25) is 0 Å². The molecule has 0 aliphatic heterocycles. The van der Waals surface area contributed by atoms with E-state index in [1.165, 1.54) is 0 Å². The summed E-state index contributed by atoms with van der Waals surface area (Å²) in [4.78, 5) is 0. The van der Waals surface area contributed by atoms with E-state index in [9.17, 15) is 8.78 Å². The van der Waals surface area contributed by atoms with Gasteiger partial charge < -0.3 is 4.42 Å². The molecule has 0 unspecified atom stereocenters. The number of hydrogen-bond acceptors (Lipinski definition) is 3. The number of rotatable bonds is 2. The van der Waals surface area contributed by atoms with Crippen LogP contribution in [0, 0.1) is 18.3 Å². The lowest BCUT2D eigenvalue weighted by Crippen LogP contribution is -2.07. The smallest absolute Gasteiger partial charge is 0.314 e. The van der Waals surface area contributed by atoms with Gasteiger partial charge in [-0.15, -0.1) is 22.5 Å². The molecule has 1 heterocycles. The second-order valence-corrected chi connectivity index (χ2v) is 4.70. The highest BCUT2D eigenvalue weighted by atomic mass is 19.3. The highest BCUT2D eigenvalue weighted by Gasteiger charge is 2.24. The van der Waals surface area contributed by atoms with Gasteiger partial charge in [0.15, 0.2) is 0 Å². The third-order valence-electron chi connectivity index (χ3n) is 3.44. The van der Waals surface area contributed by atoms with E-state index in [0.29, 0.717) is 11.8 Å². The van der Waals surface area contributed by atoms with Gasteiger partial charge in [0.1, 0.15) is 0 Å². The molecular formula is C13H16F2N2O. The van der Waals surface area contributed by atoms with Crippen LogP contribution in [0.4, 0.5) is 8.78 Å². The third-order valence-corrected chi connectivity index (χ3v) is 3.44. The van der Waals surface area contributed by atoms with Crippen molar-refractivity contribution in [3.63, 3.8) is 0 Å². The molecule has 18 heavy (non-hydrogen) atoms. The van der Waals surface area contributed by atoms with Gasteiger partial charge in [0.25, 0.3) is 5.89 Å². The van der Waals surface area contributed by atoms with Crippen molar-refractivity contribution in [3.8, 4) is 12.3 Å². The van der Waals surface area contributed by atoms with Crippen LogP contribution in [0.25, 0.3) is 0 Å². The fourth-order valence-corrected chi connectivity index (χ4v) is 2.42. The maximum absolute atomic E-state index is 12.4. The van der Waals surface area contributed by atoms with Crippen LogP contribution in [0.5, 0.6) is 0 Å². The molecule has 0 atom stereocenters. The number of terminal acetylenes is 1. The van der Waals surface area contributed by atoms with E-state index >= 15 is 0 Å². The molecule has 2 rings (SSSR count). The van der Waals surface area contributed by atoms with Crippen molar-refractivity contribution in [3.05, 3.63) is 11.8 Å². The summed E-state index contributed by atoms with van der Waals surface area (Å²) in [6.45, 7) is 0. The van der Waals surface area contributed by atoms with Gasteiger partial charge in [0.05, 0.1) is 0 Å². The molecule has 0 spiro atoms. The van der Waals surface area contributed by atoms with E-state index in [-0.39, 0.29) is 5.92 Å². The van der Waals surface area contributed by atoms with E-state index in [1.54, 1.807) is 0 Å². The first kappa shape index (κ1) is 13.0. The van der Waals surface area contributed by atoms with E-state index in [1.807, 2.05) is 0 Å². The van der Waals surface area contributed by atoms with Crippen LogP contribution >= 0.6 is 0 Å². The van der Waals surface area contributed by atoms with Crippen LogP contribution in [-0.4, -0.2) is 10.2 Å². The van der Waals surface area contributed by atoms with Crippen LogP contribution in [0.1, 0.15) is 62.6 Å². The van der Waals surface area contributed by atoms with Gasteiger partial charge in [-0.25, -0.2) is 0 Å². The van der Waals surface area contributed by atoms with Crippen LogP contribution in [0.2, 0.25) is 0 Å². The predicted octanol–water partition coefficient (Wildman–Crippen LogP) is 3.69. The lowest BCUT2D eigenvalue weighted by Gasteiger charge is -2.19. The summed E-state index contributed by atoms with van der Waals surface area (Å²) < 4.78 is 29.8. The zero-order chi connectivity index (χ0) is 13.0. The molecule has 0 saturated heterocycles. The van der Waals surface area contributed by atoms with Crippen molar-refractivity contribution in [1.82, 2.24) is 10.2 Å². The number of hydrogen-bond donors (Lipinski definition) is 0. The molecule has 0 aromatic carbocycles. The Labute approximate surface area is 105 Å². The van der Waals surface area contributed by atoms with Crippen LogP contribution in [0.3, 0.4) is 0 Å². The Morgan fingerprint density at radius 3 is 2.33 bits per heavy atom. The molecule has 1 aliphatic carbocycles. The van der Waals surface area contributed by atoms with Crippen LogP contribution in [0.15, 0.2) is 4.42 Å². The summed E-state index contributed by atoms with van der Waals surface area (Å²) in [6.07, 6.45) is 8.43. The van der Waals surface area contributed by atoms with Crippen molar-refractivity contribution in [2.45, 2.75) is 50.9 Å². The van der Waals surface area contributed by atoms with Crippen molar-refractivity contribution in [2.75, 3.05) is 0 Å². The van der Waals surface area contributed by atoms with E-state index < -0.39 is 12.3 Å². The van der Waals surface area contributed by atoms with Gasteiger partial charge in [-0.1, -0.05) is 12.8 Å². The lowest BCUT2D eigenvalue weighted by molar-refractivity contribution is 0.112. The second kappa shape index (κ2) is 5.94. The molecule has 1 fully saturated rings. The predicted molar refractivity (Wildman–Crippen MR) is 62.0 cm³/mol. The summed E-state index contributed by atoms with van der Waals surface area (Å²) in [5.41, 5.74) is 0. The Hall–Kier alpha value is -1.44. The zero-order valence-electron chi connectivity index (χ0n) is 10.1. The van der Waals surface area contributed by atoms with Crippen LogP contribution in [-0.2, 0) is 0 Å². The Morgan fingerprint density at radius 2 is 1.83 bits per heavy atom. The maximum Gasteiger partial charge on any atom is 0.314 e. The molecule has 1 aromatic rings. The first-order chi connectivity index (χ1) is 8.70. The van der Waals surface area contributed by atoms with Gasteiger partial charge in [0, 0.05) is 11.8 Å². The van der Waals surface area contributed by atoms with E-state index in [2.05, 4.69) is 16.1 Å². The minimum Gasteiger partial charge on any atom is -0.419 e. The normalized spacial score (nSPS) is 25.4.